The number of aromatic nitrogens is 2. The summed E-state index contributed by atoms with van der Waals surface area (Å²) in [6.45, 7) is 0. The lowest BCUT2D eigenvalue weighted by Gasteiger charge is -2.04. The molecule has 114 valence electrons. The summed E-state index contributed by atoms with van der Waals surface area (Å²) < 4.78 is 5.21. The van der Waals surface area contributed by atoms with Crippen LogP contribution < -0.4 is 4.74 Å². The summed E-state index contributed by atoms with van der Waals surface area (Å²) in [5.74, 6) is 1.51. The summed E-state index contributed by atoms with van der Waals surface area (Å²) in [5.41, 5.74) is 2.13. The molecule has 4 aromatic rings. The van der Waals surface area contributed by atoms with Crippen LogP contribution >= 0.6 is 34.3 Å². The highest BCUT2D eigenvalue weighted by molar-refractivity contribution is 7.17. The lowest BCUT2D eigenvalue weighted by Crippen LogP contribution is -1.88. The molecule has 6 heteroatoms. The summed E-state index contributed by atoms with van der Waals surface area (Å²) in [6, 6.07) is 11.9. The van der Waals surface area contributed by atoms with Crippen LogP contribution in [0.15, 0.2) is 47.2 Å². The summed E-state index contributed by atoms with van der Waals surface area (Å²) in [6.07, 6.45) is 0. The number of hydrogen-bond acceptors (Lipinski definition) is 5. The van der Waals surface area contributed by atoms with Crippen LogP contribution in [-0.2, 0) is 0 Å². The van der Waals surface area contributed by atoms with E-state index in [-0.39, 0.29) is 0 Å². The van der Waals surface area contributed by atoms with Crippen molar-refractivity contribution in [2.24, 2.45) is 0 Å². The van der Waals surface area contributed by atoms with Gasteiger partial charge in [-0.3, -0.25) is 0 Å². The Morgan fingerprint density at radius 2 is 1.87 bits per heavy atom. The van der Waals surface area contributed by atoms with Crippen LogP contribution in [0.3, 0.4) is 0 Å². The van der Waals surface area contributed by atoms with Crippen molar-refractivity contribution in [3.05, 3.63) is 52.3 Å². The maximum Gasteiger partial charge on any atom is 0.172 e. The molecule has 3 aromatic heterocycles. The first-order chi connectivity index (χ1) is 11.3. The van der Waals surface area contributed by atoms with E-state index in [1.165, 1.54) is 0 Å². The molecule has 0 bridgehead atoms. The van der Waals surface area contributed by atoms with Gasteiger partial charge in [0, 0.05) is 10.9 Å². The third kappa shape index (κ3) is 2.61. The average Bonchev–Trinajstić information content (AvgIpc) is 3.24. The fraction of sp³-hybridized carbons (Fsp3) is 0.0588. The van der Waals surface area contributed by atoms with Crippen molar-refractivity contribution in [1.82, 2.24) is 9.97 Å². The van der Waals surface area contributed by atoms with Crippen LogP contribution in [0.1, 0.15) is 0 Å². The Morgan fingerprint density at radius 1 is 1.04 bits per heavy atom. The SMILES string of the molecule is COc1ccc(-c2csc3nc(-c4cccs4)nc(Cl)c23)cc1. The lowest BCUT2D eigenvalue weighted by molar-refractivity contribution is 0.415. The molecule has 0 N–H and O–H groups in total. The molecule has 0 spiro atoms. The number of fused-ring (bicyclic) bond motifs is 1. The minimum atomic E-state index is 0.491. The topological polar surface area (TPSA) is 35.0 Å². The summed E-state index contributed by atoms with van der Waals surface area (Å²) >= 11 is 9.66. The molecule has 0 aliphatic heterocycles. The number of thiophene rings is 2. The Balaban J connectivity index is 1.86. The molecule has 0 fully saturated rings. The van der Waals surface area contributed by atoms with Crippen LogP contribution in [0.5, 0.6) is 5.75 Å². The number of ether oxygens (including phenoxy) is 1. The highest BCUT2D eigenvalue weighted by Gasteiger charge is 2.15. The highest BCUT2D eigenvalue weighted by atomic mass is 35.5. The smallest absolute Gasteiger partial charge is 0.172 e. The number of nitrogens with zero attached hydrogens (tertiary/aromatic N) is 2. The van der Waals surface area contributed by atoms with Crippen LogP contribution in [0.25, 0.3) is 32.0 Å². The maximum atomic E-state index is 6.47. The molecule has 23 heavy (non-hydrogen) atoms. The summed E-state index contributed by atoms with van der Waals surface area (Å²) in [7, 11) is 1.66. The van der Waals surface area contributed by atoms with Gasteiger partial charge < -0.3 is 4.74 Å². The van der Waals surface area contributed by atoms with E-state index in [2.05, 4.69) is 15.3 Å². The van der Waals surface area contributed by atoms with E-state index in [0.717, 1.165) is 32.0 Å². The van der Waals surface area contributed by atoms with Crippen molar-refractivity contribution in [2.45, 2.75) is 0 Å². The minimum Gasteiger partial charge on any atom is -0.497 e. The van der Waals surface area contributed by atoms with Gasteiger partial charge in [0.25, 0.3) is 0 Å². The molecule has 0 amide bonds. The number of hydrogen-bond donors (Lipinski definition) is 0. The standard InChI is InChI=1S/C17H11ClN2OS2/c1-21-11-6-4-10(5-7-11)12-9-23-17-14(12)15(18)19-16(20-17)13-3-2-8-22-13/h2-9H,1H3. The molecule has 3 nitrogen and oxygen atoms in total. The number of methoxy groups -OCH3 is 1. The highest BCUT2D eigenvalue weighted by Crippen LogP contribution is 2.38. The van der Waals surface area contributed by atoms with Crippen molar-refractivity contribution in [3.8, 4) is 27.6 Å². The second kappa shape index (κ2) is 5.92. The van der Waals surface area contributed by atoms with E-state index in [4.69, 9.17) is 16.3 Å². The third-order valence-electron chi connectivity index (χ3n) is 3.53. The molecule has 0 aliphatic carbocycles. The van der Waals surface area contributed by atoms with Gasteiger partial charge in [0.1, 0.15) is 15.7 Å². The van der Waals surface area contributed by atoms with E-state index in [1.54, 1.807) is 29.8 Å². The lowest BCUT2D eigenvalue weighted by atomic mass is 10.1. The van der Waals surface area contributed by atoms with Crippen molar-refractivity contribution in [2.75, 3.05) is 7.11 Å². The van der Waals surface area contributed by atoms with Crippen LogP contribution in [-0.4, -0.2) is 17.1 Å². The zero-order valence-corrected chi connectivity index (χ0v) is 14.5. The first-order valence-corrected chi connectivity index (χ1v) is 9.03. The van der Waals surface area contributed by atoms with Gasteiger partial charge in [-0.1, -0.05) is 29.8 Å². The van der Waals surface area contributed by atoms with Gasteiger partial charge in [-0.25, -0.2) is 9.97 Å². The van der Waals surface area contributed by atoms with Crippen molar-refractivity contribution in [1.29, 1.82) is 0 Å². The largest absolute Gasteiger partial charge is 0.497 e. The molecule has 3 heterocycles. The third-order valence-corrected chi connectivity index (χ3v) is 5.54. The molecular formula is C17H11ClN2OS2. The van der Waals surface area contributed by atoms with Gasteiger partial charge in [0.15, 0.2) is 5.82 Å². The normalized spacial score (nSPS) is 11.0. The molecular weight excluding hydrogens is 348 g/mol. The van der Waals surface area contributed by atoms with E-state index in [0.29, 0.717) is 11.0 Å². The van der Waals surface area contributed by atoms with Crippen molar-refractivity contribution >= 4 is 44.5 Å². The molecule has 0 atom stereocenters. The number of benzene rings is 1. The van der Waals surface area contributed by atoms with E-state index >= 15 is 0 Å². The van der Waals surface area contributed by atoms with Gasteiger partial charge in [-0.05, 0) is 29.1 Å². The van der Waals surface area contributed by atoms with E-state index in [1.807, 2.05) is 41.8 Å². The zero-order valence-electron chi connectivity index (χ0n) is 12.1. The monoisotopic (exact) mass is 358 g/mol. The minimum absolute atomic E-state index is 0.491. The summed E-state index contributed by atoms with van der Waals surface area (Å²) in [4.78, 5) is 11.1. The molecule has 4 rings (SSSR count). The maximum absolute atomic E-state index is 6.47. The second-order valence-electron chi connectivity index (χ2n) is 4.87. The summed E-state index contributed by atoms with van der Waals surface area (Å²) in [5, 5.41) is 5.48. The van der Waals surface area contributed by atoms with E-state index < -0.39 is 0 Å². The van der Waals surface area contributed by atoms with Gasteiger partial charge in [0.2, 0.25) is 0 Å². The molecule has 0 saturated heterocycles. The van der Waals surface area contributed by atoms with Gasteiger partial charge in [-0.15, -0.1) is 22.7 Å². The first-order valence-electron chi connectivity index (χ1n) is 6.89. The Labute approximate surface area is 146 Å². The fourth-order valence-corrected chi connectivity index (χ4v) is 4.33. The van der Waals surface area contributed by atoms with Crippen LogP contribution in [0.4, 0.5) is 0 Å². The van der Waals surface area contributed by atoms with E-state index in [9.17, 15) is 0 Å². The predicted octanol–water partition coefficient (Wildman–Crippen LogP) is 5.75. The molecule has 0 aliphatic rings. The molecule has 1 aromatic carbocycles. The van der Waals surface area contributed by atoms with Crippen molar-refractivity contribution in [3.63, 3.8) is 0 Å². The predicted molar refractivity (Wildman–Crippen MR) is 97.7 cm³/mol. The number of halogens is 1. The Hall–Kier alpha value is -1.95. The quantitative estimate of drug-likeness (QED) is 0.437. The van der Waals surface area contributed by atoms with Crippen LogP contribution in [0.2, 0.25) is 5.15 Å². The van der Waals surface area contributed by atoms with Gasteiger partial charge in [0.05, 0.1) is 17.4 Å². The Bertz CT molecular complexity index is 962. The molecule has 0 unspecified atom stereocenters. The molecule has 0 radical (unpaired) electrons. The van der Waals surface area contributed by atoms with Crippen molar-refractivity contribution < 1.29 is 4.74 Å². The number of rotatable bonds is 3. The van der Waals surface area contributed by atoms with Gasteiger partial charge >= 0.3 is 0 Å². The molecule has 0 saturated carbocycles. The Kier molecular flexibility index (Phi) is 3.77. The average molecular weight is 359 g/mol. The fourth-order valence-electron chi connectivity index (χ4n) is 2.40. The Morgan fingerprint density at radius 3 is 2.57 bits per heavy atom. The zero-order chi connectivity index (χ0) is 15.8. The second-order valence-corrected chi connectivity index (χ2v) is 7.04. The first kappa shape index (κ1) is 14.6. The van der Waals surface area contributed by atoms with Gasteiger partial charge in [-0.2, -0.15) is 0 Å². The van der Waals surface area contributed by atoms with Crippen LogP contribution in [0, 0.1) is 0 Å².